The Morgan fingerprint density at radius 3 is 2.70 bits per heavy atom. The van der Waals surface area contributed by atoms with Crippen LogP contribution in [0, 0.1) is 0 Å². The van der Waals surface area contributed by atoms with E-state index in [0.717, 1.165) is 19.6 Å². The first-order chi connectivity index (χ1) is 4.72. The minimum atomic E-state index is 0.479. The van der Waals surface area contributed by atoms with E-state index in [1.807, 2.05) is 0 Å². The second-order valence-corrected chi connectivity index (χ2v) is 3.10. The minimum absolute atomic E-state index is 0.479. The molecule has 1 fully saturated rings. The van der Waals surface area contributed by atoms with Crippen molar-refractivity contribution in [1.82, 2.24) is 4.90 Å². The summed E-state index contributed by atoms with van der Waals surface area (Å²) in [6, 6.07) is 0.479. The summed E-state index contributed by atoms with van der Waals surface area (Å²) in [6.45, 7) is 6.10. The monoisotopic (exact) mass is 159 g/mol. The summed E-state index contributed by atoms with van der Waals surface area (Å²) in [5.74, 6) is 0. The number of thiocarbonyl (C=S) groups is 1. The van der Waals surface area contributed by atoms with E-state index >= 15 is 0 Å². The van der Waals surface area contributed by atoms with Crippen molar-refractivity contribution in [3.8, 4) is 0 Å². The summed E-state index contributed by atoms with van der Waals surface area (Å²) in [5.41, 5.74) is 0. The maximum atomic E-state index is 5.21. The van der Waals surface area contributed by atoms with Crippen LogP contribution in [-0.4, -0.2) is 29.3 Å². The number of hydrogen-bond donors (Lipinski definition) is 0. The Bertz CT molecular complexity index is 136. The summed E-state index contributed by atoms with van der Waals surface area (Å²) in [7, 11) is 0. The lowest BCUT2D eigenvalue weighted by Gasteiger charge is -2.32. The van der Waals surface area contributed by atoms with Crippen LogP contribution < -0.4 is 0 Å². The molecule has 0 aromatic rings. The quantitative estimate of drug-likeness (QED) is 0.537. The maximum Gasteiger partial charge on any atom is 0.259 e. The fourth-order valence-electron chi connectivity index (χ4n) is 1.04. The van der Waals surface area contributed by atoms with E-state index in [2.05, 4.69) is 18.7 Å². The van der Waals surface area contributed by atoms with Crippen LogP contribution in [0.15, 0.2) is 0 Å². The molecule has 10 heavy (non-hydrogen) atoms. The maximum absolute atomic E-state index is 5.21. The van der Waals surface area contributed by atoms with Gasteiger partial charge in [-0.3, -0.25) is 0 Å². The van der Waals surface area contributed by atoms with Gasteiger partial charge < -0.3 is 9.64 Å². The van der Waals surface area contributed by atoms with Crippen molar-refractivity contribution >= 4 is 17.4 Å². The van der Waals surface area contributed by atoms with Crippen molar-refractivity contribution in [2.24, 2.45) is 0 Å². The van der Waals surface area contributed by atoms with Gasteiger partial charge in [-0.15, -0.1) is 0 Å². The Balaban J connectivity index is 2.48. The van der Waals surface area contributed by atoms with Gasteiger partial charge in [0.1, 0.15) is 0 Å². The van der Waals surface area contributed by atoms with Crippen molar-refractivity contribution in [3.05, 3.63) is 0 Å². The largest absolute Gasteiger partial charge is 0.471 e. The molecule has 1 aliphatic rings. The SMILES string of the molecule is CC(C)N1CCCOC1=S. The van der Waals surface area contributed by atoms with Crippen molar-refractivity contribution in [2.75, 3.05) is 13.2 Å². The van der Waals surface area contributed by atoms with E-state index in [1.54, 1.807) is 0 Å². The van der Waals surface area contributed by atoms with Gasteiger partial charge in [0, 0.05) is 12.6 Å². The molecule has 3 heteroatoms. The molecule has 0 saturated carbocycles. The van der Waals surface area contributed by atoms with Gasteiger partial charge in [-0.1, -0.05) is 0 Å². The molecule has 0 aromatic carbocycles. The van der Waals surface area contributed by atoms with E-state index in [9.17, 15) is 0 Å². The zero-order valence-corrected chi connectivity index (χ0v) is 7.28. The highest BCUT2D eigenvalue weighted by Gasteiger charge is 2.17. The molecule has 58 valence electrons. The van der Waals surface area contributed by atoms with Crippen LogP contribution in [0.3, 0.4) is 0 Å². The van der Waals surface area contributed by atoms with Crippen LogP contribution in [0.2, 0.25) is 0 Å². The summed E-state index contributed by atoms with van der Waals surface area (Å²) in [4.78, 5) is 2.11. The lowest BCUT2D eigenvalue weighted by atomic mass is 10.3. The predicted octanol–water partition coefficient (Wildman–Crippen LogP) is 1.40. The van der Waals surface area contributed by atoms with Gasteiger partial charge in [0.2, 0.25) is 0 Å². The van der Waals surface area contributed by atoms with E-state index in [1.165, 1.54) is 0 Å². The Hall–Kier alpha value is -0.310. The molecule has 0 atom stereocenters. The molecule has 0 radical (unpaired) electrons. The normalized spacial score (nSPS) is 19.5. The third-order valence-electron chi connectivity index (χ3n) is 1.63. The van der Waals surface area contributed by atoms with Crippen molar-refractivity contribution < 1.29 is 4.74 Å². The molecule has 2 nitrogen and oxygen atoms in total. The van der Waals surface area contributed by atoms with Gasteiger partial charge in [0.15, 0.2) is 0 Å². The summed E-state index contributed by atoms with van der Waals surface area (Å²) in [5, 5.41) is 0.668. The zero-order valence-electron chi connectivity index (χ0n) is 6.46. The molecule has 1 saturated heterocycles. The summed E-state index contributed by atoms with van der Waals surface area (Å²) in [6.07, 6.45) is 1.10. The number of hydrogen-bond acceptors (Lipinski definition) is 2. The van der Waals surface area contributed by atoms with E-state index in [-0.39, 0.29) is 0 Å². The molecule has 1 heterocycles. The fourth-order valence-corrected chi connectivity index (χ4v) is 1.42. The Morgan fingerprint density at radius 1 is 1.60 bits per heavy atom. The Labute approximate surface area is 67.2 Å². The molecule has 0 bridgehead atoms. The molecule has 0 unspecified atom stereocenters. The topological polar surface area (TPSA) is 12.5 Å². The smallest absolute Gasteiger partial charge is 0.259 e. The summed E-state index contributed by atoms with van der Waals surface area (Å²) < 4.78 is 5.21. The van der Waals surface area contributed by atoms with Crippen molar-refractivity contribution in [1.29, 1.82) is 0 Å². The first kappa shape index (κ1) is 7.79. The molecular weight excluding hydrogens is 146 g/mol. The van der Waals surface area contributed by atoms with E-state index in [4.69, 9.17) is 17.0 Å². The molecule has 0 spiro atoms. The van der Waals surface area contributed by atoms with Gasteiger partial charge in [-0.2, -0.15) is 0 Å². The lowest BCUT2D eigenvalue weighted by molar-refractivity contribution is 0.164. The van der Waals surface area contributed by atoms with Crippen LogP contribution in [0.1, 0.15) is 20.3 Å². The second kappa shape index (κ2) is 3.19. The highest BCUT2D eigenvalue weighted by molar-refractivity contribution is 7.80. The average Bonchev–Trinajstić information content (AvgIpc) is 1.88. The lowest BCUT2D eigenvalue weighted by Crippen LogP contribution is -2.41. The third kappa shape index (κ3) is 1.59. The fraction of sp³-hybridized carbons (Fsp3) is 0.857. The Kier molecular flexibility index (Phi) is 2.49. The molecule has 0 amide bonds. The van der Waals surface area contributed by atoms with E-state index in [0.29, 0.717) is 11.2 Å². The van der Waals surface area contributed by atoms with Crippen molar-refractivity contribution in [3.63, 3.8) is 0 Å². The first-order valence-corrected chi connectivity index (χ1v) is 4.06. The highest BCUT2D eigenvalue weighted by Crippen LogP contribution is 2.08. The zero-order chi connectivity index (χ0) is 7.56. The van der Waals surface area contributed by atoms with Crippen LogP contribution in [-0.2, 0) is 4.74 Å². The molecular formula is C7H13NOS. The Morgan fingerprint density at radius 2 is 2.30 bits per heavy atom. The molecule has 1 aliphatic heterocycles. The van der Waals surface area contributed by atoms with E-state index < -0.39 is 0 Å². The van der Waals surface area contributed by atoms with Gasteiger partial charge in [-0.05, 0) is 32.5 Å². The minimum Gasteiger partial charge on any atom is -0.471 e. The molecule has 0 aliphatic carbocycles. The number of rotatable bonds is 1. The highest BCUT2D eigenvalue weighted by atomic mass is 32.1. The number of nitrogens with zero attached hydrogens (tertiary/aromatic N) is 1. The number of ether oxygens (including phenoxy) is 1. The van der Waals surface area contributed by atoms with Crippen LogP contribution in [0.4, 0.5) is 0 Å². The van der Waals surface area contributed by atoms with Gasteiger partial charge >= 0.3 is 0 Å². The van der Waals surface area contributed by atoms with Crippen LogP contribution in [0.25, 0.3) is 0 Å². The third-order valence-corrected chi connectivity index (χ3v) is 1.98. The predicted molar refractivity (Wildman–Crippen MR) is 45.0 cm³/mol. The molecule has 1 rings (SSSR count). The average molecular weight is 159 g/mol. The molecule has 0 aromatic heterocycles. The summed E-state index contributed by atoms with van der Waals surface area (Å²) >= 11 is 5.01. The van der Waals surface area contributed by atoms with Gasteiger partial charge in [0.05, 0.1) is 6.61 Å². The second-order valence-electron chi connectivity index (χ2n) is 2.76. The van der Waals surface area contributed by atoms with Gasteiger partial charge in [0.25, 0.3) is 5.17 Å². The molecule has 0 N–H and O–H groups in total. The van der Waals surface area contributed by atoms with Gasteiger partial charge in [-0.25, -0.2) is 0 Å². The first-order valence-electron chi connectivity index (χ1n) is 3.65. The van der Waals surface area contributed by atoms with Crippen LogP contribution in [0.5, 0.6) is 0 Å². The van der Waals surface area contributed by atoms with Crippen molar-refractivity contribution in [2.45, 2.75) is 26.3 Å². The van der Waals surface area contributed by atoms with Crippen LogP contribution >= 0.6 is 12.2 Å². The standard InChI is InChI=1S/C7H13NOS/c1-6(2)8-4-3-5-9-7(8)10/h6H,3-5H2,1-2H3.